The van der Waals surface area contributed by atoms with Crippen molar-refractivity contribution < 1.29 is 19.4 Å². The highest BCUT2D eigenvalue weighted by Crippen LogP contribution is 1.91. The van der Waals surface area contributed by atoms with Gasteiger partial charge in [-0.1, -0.05) is 0 Å². The van der Waals surface area contributed by atoms with Gasteiger partial charge >= 0.3 is 5.97 Å². The molecule has 0 aromatic carbocycles. The fourth-order valence-electron chi connectivity index (χ4n) is 0.528. The number of hydrogen-bond donors (Lipinski definition) is 2. The number of halogens is 1. The van der Waals surface area contributed by atoms with Crippen molar-refractivity contribution in [2.24, 2.45) is 4.99 Å². The Morgan fingerprint density at radius 3 is 2.69 bits per heavy atom. The highest BCUT2D eigenvalue weighted by Gasteiger charge is 2.01. The van der Waals surface area contributed by atoms with Gasteiger partial charge in [0.2, 0.25) is 0 Å². The largest absolute Gasteiger partial charge is 0.516 e. The lowest BCUT2D eigenvalue weighted by atomic mass is 10.2. The molecule has 13 heavy (non-hydrogen) atoms. The number of hydrogen-bond acceptors (Lipinski definition) is 3. The van der Waals surface area contributed by atoms with Crippen LogP contribution in [0.4, 0.5) is 4.39 Å². The number of rotatable bonds is 5. The quantitative estimate of drug-likeness (QED) is 0.293. The zero-order chi connectivity index (χ0) is 10.1. The van der Waals surface area contributed by atoms with Crippen LogP contribution >= 0.6 is 0 Å². The molecule has 5 heteroatoms. The summed E-state index contributed by atoms with van der Waals surface area (Å²) in [5, 5.41) is 16.8. The molecule has 4 nitrogen and oxygen atoms in total. The van der Waals surface area contributed by atoms with Crippen molar-refractivity contribution in [2.45, 2.75) is 0 Å². The van der Waals surface area contributed by atoms with Crippen LogP contribution in [-0.2, 0) is 4.79 Å². The van der Waals surface area contributed by atoms with Crippen LogP contribution in [0.2, 0.25) is 0 Å². The van der Waals surface area contributed by atoms with E-state index in [0.29, 0.717) is 6.26 Å². The van der Waals surface area contributed by atoms with Gasteiger partial charge < -0.3 is 10.2 Å². The van der Waals surface area contributed by atoms with E-state index in [0.717, 1.165) is 18.4 Å². The first kappa shape index (κ1) is 11.4. The van der Waals surface area contributed by atoms with Crippen molar-refractivity contribution in [3.05, 3.63) is 24.0 Å². The maximum Gasteiger partial charge on any atom is 0.337 e. The van der Waals surface area contributed by atoms with E-state index in [1.165, 1.54) is 0 Å². The minimum absolute atomic E-state index is 0.0620. The van der Waals surface area contributed by atoms with Crippen LogP contribution in [0.15, 0.2) is 29.0 Å². The van der Waals surface area contributed by atoms with Gasteiger partial charge in [-0.3, -0.25) is 4.99 Å². The lowest BCUT2D eigenvalue weighted by Gasteiger charge is -1.90. The van der Waals surface area contributed by atoms with Crippen LogP contribution in [0, 0.1) is 0 Å². The monoisotopic (exact) mass is 187 g/mol. The molecule has 0 aliphatic rings. The normalized spacial score (nSPS) is 12.8. The molecule has 2 N–H and O–H groups in total. The van der Waals surface area contributed by atoms with Gasteiger partial charge in [0.25, 0.3) is 0 Å². The van der Waals surface area contributed by atoms with E-state index in [1.807, 2.05) is 0 Å². The van der Waals surface area contributed by atoms with Crippen LogP contribution in [0.25, 0.3) is 0 Å². The van der Waals surface area contributed by atoms with Crippen LogP contribution in [0.3, 0.4) is 0 Å². The molecule has 0 unspecified atom stereocenters. The molecular weight excluding hydrogens is 177 g/mol. The fourth-order valence-corrected chi connectivity index (χ4v) is 0.528. The van der Waals surface area contributed by atoms with E-state index < -0.39 is 12.6 Å². The second-order valence-electron chi connectivity index (χ2n) is 1.99. The second-order valence-corrected chi connectivity index (χ2v) is 1.99. The second kappa shape index (κ2) is 7.02. The first-order chi connectivity index (χ1) is 6.22. The number of carboxylic acids is 1. The third-order valence-corrected chi connectivity index (χ3v) is 1.05. The summed E-state index contributed by atoms with van der Waals surface area (Å²) >= 11 is 0. The Morgan fingerprint density at radius 1 is 1.54 bits per heavy atom. The maximum absolute atomic E-state index is 11.6. The summed E-state index contributed by atoms with van der Waals surface area (Å²) in [6.45, 7) is -0.688. The molecule has 0 radical (unpaired) electrons. The number of alkyl halides is 1. The van der Waals surface area contributed by atoms with Crippen molar-refractivity contribution >= 4 is 12.2 Å². The van der Waals surface area contributed by atoms with E-state index >= 15 is 0 Å². The number of carbonyl (C=O) groups is 1. The topological polar surface area (TPSA) is 69.9 Å². The first-order valence-corrected chi connectivity index (χ1v) is 3.52. The molecule has 0 spiro atoms. The number of aliphatic carboxylic acids is 1. The van der Waals surface area contributed by atoms with Gasteiger partial charge in [0.1, 0.15) is 6.67 Å². The van der Waals surface area contributed by atoms with Crippen molar-refractivity contribution in [2.75, 3.05) is 13.2 Å². The Kier molecular flexibility index (Phi) is 6.13. The van der Waals surface area contributed by atoms with Gasteiger partial charge in [0.05, 0.1) is 18.4 Å². The molecule has 0 amide bonds. The summed E-state index contributed by atoms with van der Waals surface area (Å²) in [5.74, 6) is -1.18. The Labute approximate surface area is 74.7 Å². The summed E-state index contributed by atoms with van der Waals surface area (Å²) in [5.41, 5.74) is -0.112. The average molecular weight is 187 g/mol. The molecule has 0 aliphatic carbocycles. The zero-order valence-electron chi connectivity index (χ0n) is 6.85. The van der Waals surface area contributed by atoms with Crippen LogP contribution < -0.4 is 0 Å². The fraction of sp³-hybridized carbons (Fsp3) is 0.250. The smallest absolute Gasteiger partial charge is 0.337 e. The van der Waals surface area contributed by atoms with E-state index in [-0.39, 0.29) is 12.1 Å². The number of aliphatic imine (C=N–C) groups is 1. The molecule has 0 saturated carbocycles. The lowest BCUT2D eigenvalue weighted by molar-refractivity contribution is -0.132. The lowest BCUT2D eigenvalue weighted by Crippen LogP contribution is -2.01. The van der Waals surface area contributed by atoms with Crippen molar-refractivity contribution in [1.29, 1.82) is 0 Å². The standard InChI is InChI=1S/C8H10FNO3/c9-3-4-10-6-7(8(12)13)2-1-5-11/h1-2,5-6,11H,3-4H2,(H,12,13)/b5-1+,7-2+,10-6-. The van der Waals surface area contributed by atoms with E-state index in [9.17, 15) is 9.18 Å². The van der Waals surface area contributed by atoms with Crippen LogP contribution in [0.5, 0.6) is 0 Å². The predicted molar refractivity (Wildman–Crippen MR) is 46.8 cm³/mol. The minimum Gasteiger partial charge on any atom is -0.516 e. The van der Waals surface area contributed by atoms with Gasteiger partial charge in [-0.15, -0.1) is 0 Å². The van der Waals surface area contributed by atoms with Gasteiger partial charge in [-0.2, -0.15) is 0 Å². The molecule has 0 aromatic heterocycles. The SMILES string of the molecule is O=C(O)C(/C=N\CCF)=C/C=C/O. The number of aliphatic hydroxyl groups excluding tert-OH is 1. The molecule has 0 rings (SSSR count). The summed E-state index contributed by atoms with van der Waals surface area (Å²) < 4.78 is 11.6. The van der Waals surface area contributed by atoms with E-state index in [1.54, 1.807) is 0 Å². The third-order valence-electron chi connectivity index (χ3n) is 1.05. The molecular formula is C8H10FNO3. The van der Waals surface area contributed by atoms with Gasteiger partial charge in [-0.25, -0.2) is 9.18 Å². The molecule has 0 aliphatic heterocycles. The number of aliphatic hydroxyl groups is 1. The molecule has 0 heterocycles. The Bertz CT molecular complexity index is 246. The van der Waals surface area contributed by atoms with Crippen LogP contribution in [0.1, 0.15) is 0 Å². The molecule has 0 bridgehead atoms. The van der Waals surface area contributed by atoms with Crippen molar-refractivity contribution in [3.8, 4) is 0 Å². The van der Waals surface area contributed by atoms with E-state index in [4.69, 9.17) is 10.2 Å². The number of nitrogens with zero attached hydrogens (tertiary/aromatic N) is 1. The zero-order valence-corrected chi connectivity index (χ0v) is 6.85. The van der Waals surface area contributed by atoms with Crippen LogP contribution in [-0.4, -0.2) is 35.6 Å². The Balaban J connectivity index is 4.35. The minimum atomic E-state index is -1.18. The summed E-state index contributed by atoms with van der Waals surface area (Å²) in [6, 6.07) is 0. The molecule has 0 aromatic rings. The summed E-state index contributed by atoms with van der Waals surface area (Å²) in [7, 11) is 0. The molecule has 0 fully saturated rings. The van der Waals surface area contributed by atoms with Gasteiger partial charge in [0, 0.05) is 6.21 Å². The number of carboxylic acid groups (broad SMARTS) is 1. The third kappa shape index (κ3) is 5.60. The number of allylic oxidation sites excluding steroid dienone is 2. The van der Waals surface area contributed by atoms with Crippen molar-refractivity contribution in [3.63, 3.8) is 0 Å². The molecule has 72 valence electrons. The van der Waals surface area contributed by atoms with Gasteiger partial charge in [-0.05, 0) is 12.2 Å². The Morgan fingerprint density at radius 2 is 2.23 bits per heavy atom. The molecule has 0 saturated heterocycles. The van der Waals surface area contributed by atoms with Crippen molar-refractivity contribution in [1.82, 2.24) is 0 Å². The summed E-state index contributed by atoms with van der Waals surface area (Å²) in [4.78, 5) is 13.9. The first-order valence-electron chi connectivity index (χ1n) is 3.52. The maximum atomic E-state index is 11.6. The Hall–Kier alpha value is -1.65. The highest BCUT2D eigenvalue weighted by atomic mass is 19.1. The molecule has 0 atom stereocenters. The average Bonchev–Trinajstić information content (AvgIpc) is 2.10. The predicted octanol–water partition coefficient (Wildman–Crippen LogP) is 1.11. The van der Waals surface area contributed by atoms with Gasteiger partial charge in [0.15, 0.2) is 0 Å². The van der Waals surface area contributed by atoms with E-state index in [2.05, 4.69) is 4.99 Å². The highest BCUT2D eigenvalue weighted by molar-refractivity contribution is 6.08. The summed E-state index contributed by atoms with van der Waals surface area (Å²) in [6.07, 6.45) is 4.04.